The highest BCUT2D eigenvalue weighted by Crippen LogP contribution is 2.17. The summed E-state index contributed by atoms with van der Waals surface area (Å²) in [7, 11) is 1.61. The zero-order chi connectivity index (χ0) is 12.5. The van der Waals surface area contributed by atoms with Crippen LogP contribution in [0.15, 0.2) is 24.3 Å². The van der Waals surface area contributed by atoms with Crippen molar-refractivity contribution in [1.29, 1.82) is 0 Å². The lowest BCUT2D eigenvalue weighted by Gasteiger charge is -2.08. The number of methoxy groups -OCH3 is 1. The maximum absolute atomic E-state index is 11.6. The van der Waals surface area contributed by atoms with E-state index in [0.29, 0.717) is 13.0 Å². The van der Waals surface area contributed by atoms with Gasteiger partial charge in [0.25, 0.3) is 0 Å². The van der Waals surface area contributed by atoms with Crippen LogP contribution in [0.1, 0.15) is 12.5 Å². The molecule has 0 heterocycles. The molecule has 0 aliphatic heterocycles. The average Bonchev–Trinajstić information content (AvgIpc) is 2.35. The molecule has 0 unspecified atom stereocenters. The number of carbonyl (C=O) groups excluding carboxylic acids is 1. The second-order valence-corrected chi connectivity index (χ2v) is 3.69. The summed E-state index contributed by atoms with van der Waals surface area (Å²) in [5, 5.41) is 6.01. The normalized spacial score (nSPS) is 10.0. The largest absolute Gasteiger partial charge is 0.496 e. The quantitative estimate of drug-likeness (QED) is 0.693. The Morgan fingerprint density at radius 3 is 2.76 bits per heavy atom. The van der Waals surface area contributed by atoms with E-state index in [1.807, 2.05) is 31.2 Å². The van der Waals surface area contributed by atoms with Gasteiger partial charge in [-0.2, -0.15) is 0 Å². The van der Waals surface area contributed by atoms with Crippen LogP contribution in [-0.2, 0) is 11.2 Å². The molecule has 17 heavy (non-hydrogen) atoms. The Morgan fingerprint density at radius 2 is 2.06 bits per heavy atom. The third-order valence-electron chi connectivity index (χ3n) is 2.42. The van der Waals surface area contributed by atoms with Crippen molar-refractivity contribution in [3.05, 3.63) is 29.8 Å². The second-order valence-electron chi connectivity index (χ2n) is 3.69. The van der Waals surface area contributed by atoms with E-state index in [9.17, 15) is 4.79 Å². The van der Waals surface area contributed by atoms with Crippen LogP contribution in [-0.4, -0.2) is 32.7 Å². The fourth-order valence-electron chi connectivity index (χ4n) is 1.55. The molecule has 4 heteroatoms. The Bertz CT molecular complexity index is 353. The summed E-state index contributed by atoms with van der Waals surface area (Å²) >= 11 is 0. The van der Waals surface area contributed by atoms with E-state index < -0.39 is 0 Å². The molecule has 0 aliphatic carbocycles. The summed E-state index contributed by atoms with van der Waals surface area (Å²) < 4.78 is 5.20. The van der Waals surface area contributed by atoms with Gasteiger partial charge in [-0.25, -0.2) is 0 Å². The van der Waals surface area contributed by atoms with Crippen LogP contribution in [0.25, 0.3) is 0 Å². The highest BCUT2D eigenvalue weighted by molar-refractivity contribution is 5.79. The van der Waals surface area contributed by atoms with Gasteiger partial charge in [0.2, 0.25) is 5.91 Å². The van der Waals surface area contributed by atoms with Crippen molar-refractivity contribution in [1.82, 2.24) is 10.6 Å². The Labute approximate surface area is 102 Å². The molecule has 94 valence electrons. The van der Waals surface area contributed by atoms with Gasteiger partial charge in [0, 0.05) is 18.7 Å². The van der Waals surface area contributed by atoms with E-state index in [4.69, 9.17) is 4.74 Å². The van der Waals surface area contributed by atoms with Gasteiger partial charge in [-0.3, -0.25) is 4.79 Å². The maximum atomic E-state index is 11.6. The summed E-state index contributed by atoms with van der Waals surface area (Å²) in [5.74, 6) is 0.779. The minimum atomic E-state index is 0.0207. The number of likely N-dealkylation sites (N-methyl/N-ethyl adjacent to an activating group) is 1. The summed E-state index contributed by atoms with van der Waals surface area (Å²) in [6, 6.07) is 7.57. The molecule has 4 nitrogen and oxygen atoms in total. The summed E-state index contributed by atoms with van der Waals surface area (Å²) in [4.78, 5) is 11.6. The third-order valence-corrected chi connectivity index (χ3v) is 2.42. The Morgan fingerprint density at radius 1 is 1.29 bits per heavy atom. The SMILES string of the molecule is CCNCCNC(=O)Cc1ccccc1OC. The van der Waals surface area contributed by atoms with Gasteiger partial charge in [0.1, 0.15) is 5.75 Å². The van der Waals surface area contributed by atoms with E-state index in [0.717, 1.165) is 24.4 Å². The van der Waals surface area contributed by atoms with Gasteiger partial charge in [-0.15, -0.1) is 0 Å². The van der Waals surface area contributed by atoms with Crippen LogP contribution in [0.2, 0.25) is 0 Å². The van der Waals surface area contributed by atoms with Crippen LogP contribution in [0, 0.1) is 0 Å². The van der Waals surface area contributed by atoms with Gasteiger partial charge >= 0.3 is 0 Å². The van der Waals surface area contributed by atoms with Crippen molar-refractivity contribution in [3.8, 4) is 5.75 Å². The molecule has 1 rings (SSSR count). The lowest BCUT2D eigenvalue weighted by molar-refractivity contribution is -0.120. The number of amides is 1. The maximum Gasteiger partial charge on any atom is 0.224 e. The van der Waals surface area contributed by atoms with E-state index in [1.165, 1.54) is 0 Å². The number of rotatable bonds is 7. The molecule has 1 aromatic carbocycles. The van der Waals surface area contributed by atoms with Crippen LogP contribution in [0.4, 0.5) is 0 Å². The highest BCUT2D eigenvalue weighted by Gasteiger charge is 2.06. The van der Waals surface area contributed by atoms with Crippen molar-refractivity contribution in [2.75, 3.05) is 26.7 Å². The van der Waals surface area contributed by atoms with E-state index in [2.05, 4.69) is 10.6 Å². The standard InChI is InChI=1S/C13H20N2O2/c1-3-14-8-9-15-13(16)10-11-6-4-5-7-12(11)17-2/h4-7,14H,3,8-10H2,1-2H3,(H,15,16). The number of ether oxygens (including phenoxy) is 1. The Hall–Kier alpha value is -1.55. The molecule has 0 bridgehead atoms. The molecule has 0 aromatic heterocycles. The molecule has 1 aromatic rings. The minimum Gasteiger partial charge on any atom is -0.496 e. The first-order chi connectivity index (χ1) is 8.27. The Kier molecular flexibility index (Phi) is 6.10. The van der Waals surface area contributed by atoms with Gasteiger partial charge < -0.3 is 15.4 Å². The number of hydrogen-bond donors (Lipinski definition) is 2. The molecular weight excluding hydrogens is 216 g/mol. The van der Waals surface area contributed by atoms with E-state index in [1.54, 1.807) is 7.11 Å². The molecule has 0 saturated heterocycles. The van der Waals surface area contributed by atoms with Crippen molar-refractivity contribution in [2.24, 2.45) is 0 Å². The first kappa shape index (κ1) is 13.5. The van der Waals surface area contributed by atoms with Crippen molar-refractivity contribution < 1.29 is 9.53 Å². The van der Waals surface area contributed by atoms with Crippen LogP contribution >= 0.6 is 0 Å². The van der Waals surface area contributed by atoms with Gasteiger partial charge in [0.05, 0.1) is 13.5 Å². The lowest BCUT2D eigenvalue weighted by Crippen LogP contribution is -2.32. The predicted molar refractivity (Wildman–Crippen MR) is 68.3 cm³/mol. The number of benzene rings is 1. The summed E-state index contributed by atoms with van der Waals surface area (Å²) in [5.41, 5.74) is 0.913. The number of hydrogen-bond acceptors (Lipinski definition) is 3. The Balaban J connectivity index is 2.39. The molecule has 0 atom stereocenters. The van der Waals surface area contributed by atoms with E-state index >= 15 is 0 Å². The van der Waals surface area contributed by atoms with Crippen LogP contribution < -0.4 is 15.4 Å². The number of carbonyl (C=O) groups is 1. The van der Waals surface area contributed by atoms with Gasteiger partial charge in [-0.05, 0) is 12.6 Å². The number of nitrogens with one attached hydrogen (secondary N) is 2. The smallest absolute Gasteiger partial charge is 0.224 e. The minimum absolute atomic E-state index is 0.0207. The molecule has 2 N–H and O–H groups in total. The average molecular weight is 236 g/mol. The first-order valence-electron chi connectivity index (χ1n) is 5.87. The molecule has 0 saturated carbocycles. The molecule has 0 spiro atoms. The summed E-state index contributed by atoms with van der Waals surface area (Å²) in [6.07, 6.45) is 0.357. The van der Waals surface area contributed by atoms with Crippen LogP contribution in [0.5, 0.6) is 5.75 Å². The number of para-hydroxylation sites is 1. The fourth-order valence-corrected chi connectivity index (χ4v) is 1.55. The molecule has 0 aliphatic rings. The van der Waals surface area contributed by atoms with Crippen molar-refractivity contribution >= 4 is 5.91 Å². The molecule has 1 amide bonds. The van der Waals surface area contributed by atoms with E-state index in [-0.39, 0.29) is 5.91 Å². The van der Waals surface area contributed by atoms with Crippen molar-refractivity contribution in [2.45, 2.75) is 13.3 Å². The lowest BCUT2D eigenvalue weighted by atomic mass is 10.1. The fraction of sp³-hybridized carbons (Fsp3) is 0.462. The predicted octanol–water partition coefficient (Wildman–Crippen LogP) is 0.963. The zero-order valence-electron chi connectivity index (χ0n) is 10.5. The zero-order valence-corrected chi connectivity index (χ0v) is 10.5. The molecule has 0 radical (unpaired) electrons. The monoisotopic (exact) mass is 236 g/mol. The topological polar surface area (TPSA) is 50.4 Å². The van der Waals surface area contributed by atoms with Crippen molar-refractivity contribution in [3.63, 3.8) is 0 Å². The second kappa shape index (κ2) is 7.68. The van der Waals surface area contributed by atoms with Crippen LogP contribution in [0.3, 0.4) is 0 Å². The first-order valence-corrected chi connectivity index (χ1v) is 5.87. The molecular formula is C13H20N2O2. The molecule has 0 fully saturated rings. The third kappa shape index (κ3) is 4.87. The van der Waals surface area contributed by atoms with Gasteiger partial charge in [0.15, 0.2) is 0 Å². The summed E-state index contributed by atoms with van der Waals surface area (Å²) in [6.45, 7) is 4.41. The van der Waals surface area contributed by atoms with Gasteiger partial charge in [-0.1, -0.05) is 25.1 Å². The highest BCUT2D eigenvalue weighted by atomic mass is 16.5.